The van der Waals surface area contributed by atoms with Gasteiger partial charge in [0.1, 0.15) is 6.10 Å². The molecule has 0 aliphatic carbocycles. The van der Waals surface area contributed by atoms with Crippen LogP contribution < -0.4 is 0 Å². The van der Waals surface area contributed by atoms with E-state index in [4.69, 9.17) is 9.47 Å². The van der Waals surface area contributed by atoms with Gasteiger partial charge in [-0.25, -0.2) is 9.59 Å². The SMILES string of the molecule is CCCCC[C@H](OC(=O)[C@@H](OC(C)=O)c1ccccc1)[C@@](C)(O)C(=O)OC. The fraction of sp³-hybridized carbons (Fsp3) is 0.550. The average molecular weight is 380 g/mol. The second-order valence-corrected chi connectivity index (χ2v) is 6.46. The maximum atomic E-state index is 12.7. The molecule has 0 fully saturated rings. The number of aliphatic hydroxyl groups is 1. The van der Waals surface area contributed by atoms with E-state index in [1.165, 1.54) is 13.8 Å². The Bertz CT molecular complexity index is 624. The maximum absolute atomic E-state index is 12.7. The molecular weight excluding hydrogens is 352 g/mol. The zero-order chi connectivity index (χ0) is 20.4. The largest absolute Gasteiger partial charge is 0.467 e. The first-order valence-corrected chi connectivity index (χ1v) is 8.97. The topological polar surface area (TPSA) is 99.1 Å². The van der Waals surface area contributed by atoms with Crippen molar-refractivity contribution in [3.63, 3.8) is 0 Å². The molecule has 150 valence electrons. The van der Waals surface area contributed by atoms with Crippen LogP contribution in [0.2, 0.25) is 0 Å². The molecule has 0 aliphatic rings. The van der Waals surface area contributed by atoms with Crippen molar-refractivity contribution in [2.24, 2.45) is 0 Å². The first-order chi connectivity index (χ1) is 12.7. The van der Waals surface area contributed by atoms with Crippen LogP contribution in [0, 0.1) is 0 Å². The molecule has 1 rings (SSSR count). The van der Waals surface area contributed by atoms with E-state index < -0.39 is 35.7 Å². The minimum atomic E-state index is -2.02. The van der Waals surface area contributed by atoms with Crippen molar-refractivity contribution in [3.05, 3.63) is 35.9 Å². The number of hydrogen-bond acceptors (Lipinski definition) is 7. The molecule has 0 saturated heterocycles. The molecule has 0 heterocycles. The normalized spacial score (nSPS) is 15.1. The number of benzene rings is 1. The number of carbonyl (C=O) groups is 3. The molecule has 0 saturated carbocycles. The van der Waals surface area contributed by atoms with Gasteiger partial charge >= 0.3 is 17.9 Å². The lowest BCUT2D eigenvalue weighted by Gasteiger charge is -2.31. The number of methoxy groups -OCH3 is 1. The molecule has 0 aliphatic heterocycles. The monoisotopic (exact) mass is 380 g/mol. The summed E-state index contributed by atoms with van der Waals surface area (Å²) in [5.74, 6) is -2.41. The predicted octanol–water partition coefficient (Wildman–Crippen LogP) is 2.71. The fourth-order valence-electron chi connectivity index (χ4n) is 2.62. The van der Waals surface area contributed by atoms with Crippen LogP contribution in [0.25, 0.3) is 0 Å². The van der Waals surface area contributed by atoms with Gasteiger partial charge in [-0.05, 0) is 19.8 Å². The summed E-state index contributed by atoms with van der Waals surface area (Å²) in [5.41, 5.74) is -1.59. The first kappa shape index (κ1) is 22.6. The molecule has 3 atom stereocenters. The van der Waals surface area contributed by atoms with Crippen molar-refractivity contribution >= 4 is 17.9 Å². The van der Waals surface area contributed by atoms with E-state index in [-0.39, 0.29) is 6.42 Å². The Balaban J connectivity index is 3.06. The number of rotatable bonds is 10. The molecule has 1 aromatic carbocycles. The van der Waals surface area contributed by atoms with Crippen LogP contribution in [0.15, 0.2) is 30.3 Å². The lowest BCUT2D eigenvalue weighted by Crippen LogP contribution is -2.50. The predicted molar refractivity (Wildman–Crippen MR) is 97.6 cm³/mol. The molecule has 7 nitrogen and oxygen atoms in total. The van der Waals surface area contributed by atoms with Gasteiger partial charge < -0.3 is 19.3 Å². The molecule has 0 aromatic heterocycles. The van der Waals surface area contributed by atoms with Crippen molar-refractivity contribution in [2.45, 2.75) is 64.3 Å². The zero-order valence-electron chi connectivity index (χ0n) is 16.3. The van der Waals surface area contributed by atoms with Crippen molar-refractivity contribution < 1.29 is 33.7 Å². The van der Waals surface area contributed by atoms with Gasteiger partial charge in [-0.3, -0.25) is 4.79 Å². The maximum Gasteiger partial charge on any atom is 0.352 e. The summed E-state index contributed by atoms with van der Waals surface area (Å²) in [6.07, 6.45) is 0.254. The van der Waals surface area contributed by atoms with E-state index in [1.54, 1.807) is 30.3 Å². The summed E-state index contributed by atoms with van der Waals surface area (Å²) < 4.78 is 15.2. The molecule has 0 unspecified atom stereocenters. The highest BCUT2D eigenvalue weighted by Crippen LogP contribution is 2.26. The quantitative estimate of drug-likeness (QED) is 0.378. The number of carbonyl (C=O) groups excluding carboxylic acids is 3. The second-order valence-electron chi connectivity index (χ2n) is 6.46. The Morgan fingerprint density at radius 2 is 1.74 bits per heavy atom. The summed E-state index contributed by atoms with van der Waals surface area (Å²) in [6, 6.07) is 8.40. The number of unbranched alkanes of at least 4 members (excludes halogenated alkanes) is 2. The minimum absolute atomic E-state index is 0.267. The van der Waals surface area contributed by atoms with E-state index in [2.05, 4.69) is 4.74 Å². The molecule has 0 bridgehead atoms. The van der Waals surface area contributed by atoms with Crippen molar-refractivity contribution in [2.75, 3.05) is 7.11 Å². The van der Waals surface area contributed by atoms with Gasteiger partial charge in [0.2, 0.25) is 6.10 Å². The molecular formula is C20H28O7. The Morgan fingerprint density at radius 3 is 2.26 bits per heavy atom. The van der Waals surface area contributed by atoms with E-state index in [0.29, 0.717) is 12.0 Å². The fourth-order valence-corrected chi connectivity index (χ4v) is 2.62. The molecule has 0 amide bonds. The number of hydrogen-bond donors (Lipinski definition) is 1. The Hall–Kier alpha value is -2.41. The van der Waals surface area contributed by atoms with Crippen molar-refractivity contribution in [1.82, 2.24) is 0 Å². The van der Waals surface area contributed by atoms with Gasteiger partial charge in [-0.15, -0.1) is 0 Å². The van der Waals surface area contributed by atoms with Crippen LogP contribution in [0.5, 0.6) is 0 Å². The third-order valence-electron chi connectivity index (χ3n) is 4.15. The van der Waals surface area contributed by atoms with Crippen LogP contribution in [0.4, 0.5) is 0 Å². The van der Waals surface area contributed by atoms with Gasteiger partial charge in [-0.2, -0.15) is 0 Å². The summed E-state index contributed by atoms with van der Waals surface area (Å²) in [6.45, 7) is 4.43. The average Bonchev–Trinajstić information content (AvgIpc) is 2.65. The van der Waals surface area contributed by atoms with Crippen LogP contribution in [-0.2, 0) is 28.6 Å². The molecule has 27 heavy (non-hydrogen) atoms. The Morgan fingerprint density at radius 1 is 1.11 bits per heavy atom. The van der Waals surface area contributed by atoms with Crippen molar-refractivity contribution in [3.8, 4) is 0 Å². The van der Waals surface area contributed by atoms with E-state index in [1.807, 2.05) is 6.92 Å². The van der Waals surface area contributed by atoms with Crippen LogP contribution >= 0.6 is 0 Å². The zero-order valence-corrected chi connectivity index (χ0v) is 16.3. The summed E-state index contributed by atoms with van der Waals surface area (Å²) in [7, 11) is 1.15. The van der Waals surface area contributed by atoms with E-state index in [9.17, 15) is 19.5 Å². The minimum Gasteiger partial charge on any atom is -0.467 e. The summed E-state index contributed by atoms with van der Waals surface area (Å²) in [5, 5.41) is 10.6. The highest BCUT2D eigenvalue weighted by atomic mass is 16.6. The van der Waals surface area contributed by atoms with Crippen LogP contribution in [0.1, 0.15) is 58.1 Å². The Labute approximate surface area is 159 Å². The first-order valence-electron chi connectivity index (χ1n) is 8.97. The molecule has 1 aromatic rings. The third kappa shape index (κ3) is 6.67. The summed E-state index contributed by atoms with van der Waals surface area (Å²) >= 11 is 0. The molecule has 1 N–H and O–H groups in total. The lowest BCUT2D eigenvalue weighted by atomic mass is 9.94. The molecule has 0 spiro atoms. The van der Waals surface area contributed by atoms with Gasteiger partial charge in [0, 0.05) is 12.5 Å². The number of ether oxygens (including phenoxy) is 3. The van der Waals surface area contributed by atoms with Gasteiger partial charge in [0.05, 0.1) is 7.11 Å². The lowest BCUT2D eigenvalue weighted by molar-refractivity contribution is -0.192. The smallest absolute Gasteiger partial charge is 0.352 e. The van der Waals surface area contributed by atoms with Gasteiger partial charge in [0.25, 0.3) is 0 Å². The molecule has 0 radical (unpaired) electrons. The molecule has 7 heteroatoms. The highest BCUT2D eigenvalue weighted by Gasteiger charge is 2.44. The standard InChI is InChI=1S/C20H28O7/c1-5-6-8-13-16(20(3,24)19(23)25-4)27-18(22)17(26-14(2)21)15-11-9-7-10-12-15/h7,9-12,16-17,24H,5-6,8,13H2,1-4H3/t16-,17-,20+/m0/s1. The van der Waals surface area contributed by atoms with Gasteiger partial charge in [-0.1, -0.05) is 50.1 Å². The van der Waals surface area contributed by atoms with E-state index >= 15 is 0 Å². The highest BCUT2D eigenvalue weighted by molar-refractivity contribution is 5.82. The van der Waals surface area contributed by atoms with E-state index in [0.717, 1.165) is 20.0 Å². The van der Waals surface area contributed by atoms with Gasteiger partial charge in [0.15, 0.2) is 5.60 Å². The second kappa shape index (κ2) is 10.7. The van der Waals surface area contributed by atoms with Crippen LogP contribution in [0.3, 0.4) is 0 Å². The Kier molecular flexibility index (Phi) is 8.94. The number of esters is 3. The van der Waals surface area contributed by atoms with Crippen molar-refractivity contribution in [1.29, 1.82) is 0 Å². The summed E-state index contributed by atoms with van der Waals surface area (Å²) in [4.78, 5) is 36.1. The van der Waals surface area contributed by atoms with Crippen LogP contribution in [-0.4, -0.2) is 41.8 Å². The third-order valence-corrected chi connectivity index (χ3v) is 4.15.